The Morgan fingerprint density at radius 3 is 1.53 bits per heavy atom. The number of nitrogens with zero attached hydrogens (tertiary/aromatic N) is 1. The molecule has 282 valence electrons. The summed E-state index contributed by atoms with van der Waals surface area (Å²) < 4.78 is 0. The van der Waals surface area contributed by atoms with Gasteiger partial charge < -0.3 is 4.90 Å². The number of anilines is 3. The van der Waals surface area contributed by atoms with Gasteiger partial charge in [-0.25, -0.2) is 0 Å². The average molecular weight is 740 g/mol. The summed E-state index contributed by atoms with van der Waals surface area (Å²) in [5.74, 6) is 0. The van der Waals surface area contributed by atoms with Crippen molar-refractivity contribution in [1.82, 2.24) is 0 Å². The van der Waals surface area contributed by atoms with Gasteiger partial charge in [0.1, 0.15) is 0 Å². The minimum atomic E-state index is -0.126. The molecule has 0 aromatic heterocycles. The molecule has 0 radical (unpaired) electrons. The second-order valence-electron chi connectivity index (χ2n) is 19.9. The lowest BCUT2D eigenvalue weighted by Gasteiger charge is -2.32. The van der Waals surface area contributed by atoms with Crippen LogP contribution < -0.4 is 4.90 Å². The smallest absolute Gasteiger partial charge is 0.0468 e. The van der Waals surface area contributed by atoms with Gasteiger partial charge in [-0.05, 0) is 135 Å². The molecule has 2 aliphatic carbocycles. The van der Waals surface area contributed by atoms with E-state index < -0.39 is 0 Å². The highest BCUT2D eigenvalue weighted by molar-refractivity contribution is 6.25. The van der Waals surface area contributed by atoms with Crippen LogP contribution in [0.5, 0.6) is 0 Å². The Bertz CT molecular complexity index is 2940. The molecule has 0 saturated heterocycles. The van der Waals surface area contributed by atoms with E-state index in [0.717, 1.165) is 5.69 Å². The van der Waals surface area contributed by atoms with Crippen molar-refractivity contribution in [3.05, 3.63) is 173 Å². The number of fused-ring (bicyclic) bond motifs is 12. The highest BCUT2D eigenvalue weighted by Gasteiger charge is 2.41. The molecule has 0 saturated carbocycles. The first kappa shape index (κ1) is 35.7. The Morgan fingerprint density at radius 1 is 0.368 bits per heavy atom. The molecule has 2 aliphatic rings. The second kappa shape index (κ2) is 11.9. The summed E-state index contributed by atoms with van der Waals surface area (Å²) >= 11 is 0. The van der Waals surface area contributed by atoms with E-state index in [0.29, 0.717) is 0 Å². The maximum atomic E-state index is 2.52. The zero-order valence-electron chi connectivity index (χ0n) is 35.2. The van der Waals surface area contributed by atoms with Crippen LogP contribution in [0.15, 0.2) is 140 Å². The van der Waals surface area contributed by atoms with Crippen molar-refractivity contribution >= 4 is 49.4 Å². The van der Waals surface area contributed by atoms with Crippen LogP contribution in [0.2, 0.25) is 0 Å². The minimum Gasteiger partial charge on any atom is -0.310 e. The van der Waals surface area contributed by atoms with Crippen LogP contribution in [0, 0.1) is 0 Å². The number of hydrogen-bond donors (Lipinski definition) is 0. The van der Waals surface area contributed by atoms with Gasteiger partial charge >= 0.3 is 0 Å². The van der Waals surface area contributed by atoms with E-state index in [-0.39, 0.29) is 21.7 Å². The number of hydrogen-bond acceptors (Lipinski definition) is 1. The van der Waals surface area contributed by atoms with Crippen LogP contribution in [0.3, 0.4) is 0 Å². The summed E-state index contributed by atoms with van der Waals surface area (Å²) in [6, 6.07) is 53.4. The average Bonchev–Trinajstić information content (AvgIpc) is 3.56. The molecule has 0 bridgehead atoms. The van der Waals surface area contributed by atoms with Gasteiger partial charge in [-0.3, -0.25) is 0 Å². The highest BCUT2D eigenvalue weighted by Crippen LogP contribution is 2.56. The number of rotatable bonds is 3. The lowest BCUT2D eigenvalue weighted by molar-refractivity contribution is 0.545. The molecule has 0 N–H and O–H groups in total. The quantitative estimate of drug-likeness (QED) is 0.163. The second-order valence-corrected chi connectivity index (χ2v) is 19.9. The van der Waals surface area contributed by atoms with E-state index in [1.165, 1.54) is 99.3 Å². The molecule has 0 atom stereocenters. The van der Waals surface area contributed by atoms with Crippen molar-refractivity contribution in [2.75, 3.05) is 4.90 Å². The number of benzene rings is 8. The molecule has 8 aromatic carbocycles. The van der Waals surface area contributed by atoms with Crippen LogP contribution in [0.1, 0.15) is 103 Å². The first-order chi connectivity index (χ1) is 27.0. The van der Waals surface area contributed by atoms with Gasteiger partial charge in [-0.15, -0.1) is 0 Å². The fraction of sp³-hybridized carbons (Fsp3) is 0.250. The largest absolute Gasteiger partial charge is 0.310 e. The highest BCUT2D eigenvalue weighted by atomic mass is 15.1. The molecule has 0 fully saturated rings. The van der Waals surface area contributed by atoms with E-state index in [1.807, 2.05) is 0 Å². The summed E-state index contributed by atoms with van der Waals surface area (Å²) in [6.07, 6.45) is 0. The molecule has 8 aromatic rings. The van der Waals surface area contributed by atoms with E-state index in [1.54, 1.807) is 0 Å². The Morgan fingerprint density at radius 2 is 0.877 bits per heavy atom. The molecular formula is C56H53N. The third kappa shape index (κ3) is 5.20. The van der Waals surface area contributed by atoms with Gasteiger partial charge in [-0.1, -0.05) is 172 Å². The molecule has 0 spiro atoms. The topological polar surface area (TPSA) is 3.24 Å². The molecular weight excluding hydrogens is 687 g/mol. The van der Waals surface area contributed by atoms with Crippen LogP contribution in [-0.2, 0) is 21.7 Å². The summed E-state index contributed by atoms with van der Waals surface area (Å²) in [7, 11) is 0. The summed E-state index contributed by atoms with van der Waals surface area (Å²) in [5, 5.41) is 7.73. The fourth-order valence-corrected chi connectivity index (χ4v) is 10.4. The van der Waals surface area contributed by atoms with Crippen LogP contribution in [0.4, 0.5) is 17.1 Å². The Hall–Kier alpha value is -5.66. The molecule has 0 aliphatic heterocycles. The maximum absolute atomic E-state index is 2.52. The van der Waals surface area contributed by atoms with E-state index >= 15 is 0 Å². The fourth-order valence-electron chi connectivity index (χ4n) is 10.4. The normalized spacial score (nSPS) is 15.1. The first-order valence-electron chi connectivity index (χ1n) is 20.8. The van der Waals surface area contributed by atoms with Gasteiger partial charge in [0.2, 0.25) is 0 Å². The standard InChI is InChI=1S/C56H53N/c1-53(2,3)34-29-47-46-32-36(25-28-49(46)56(9,10)52(47)51(30-34)54(4,5)6)57(37-24-27-44-43-21-15-16-22-48(43)55(7,8)50(44)33-37)35-23-26-42-40-19-12-11-17-38(40)39-18-13-14-20-41(39)45(42)31-35/h11-33H,1-10H3. The van der Waals surface area contributed by atoms with E-state index in [9.17, 15) is 0 Å². The molecule has 57 heavy (non-hydrogen) atoms. The Kier molecular flexibility index (Phi) is 7.48. The van der Waals surface area contributed by atoms with Crippen LogP contribution in [-0.4, -0.2) is 0 Å². The molecule has 0 amide bonds. The third-order valence-corrected chi connectivity index (χ3v) is 13.5. The lowest BCUT2D eigenvalue weighted by Crippen LogP contribution is -2.24. The van der Waals surface area contributed by atoms with Crippen LogP contribution >= 0.6 is 0 Å². The summed E-state index contributed by atoms with van der Waals surface area (Å²) in [4.78, 5) is 2.52. The molecule has 1 nitrogen and oxygen atoms in total. The predicted molar refractivity (Wildman–Crippen MR) is 246 cm³/mol. The Labute approximate surface area is 339 Å². The van der Waals surface area contributed by atoms with E-state index in [2.05, 4.69) is 214 Å². The van der Waals surface area contributed by atoms with E-state index in [4.69, 9.17) is 0 Å². The van der Waals surface area contributed by atoms with Gasteiger partial charge in [0.05, 0.1) is 0 Å². The first-order valence-corrected chi connectivity index (χ1v) is 20.8. The third-order valence-electron chi connectivity index (χ3n) is 13.5. The molecule has 0 heterocycles. The van der Waals surface area contributed by atoms with Crippen molar-refractivity contribution in [3.8, 4) is 22.3 Å². The van der Waals surface area contributed by atoms with Crippen LogP contribution in [0.25, 0.3) is 54.6 Å². The predicted octanol–water partition coefficient (Wildman–Crippen LogP) is 15.8. The zero-order valence-corrected chi connectivity index (χ0v) is 35.2. The summed E-state index contributed by atoms with van der Waals surface area (Å²) in [6.45, 7) is 23.8. The molecule has 0 unspecified atom stereocenters. The summed E-state index contributed by atoms with van der Waals surface area (Å²) in [5.41, 5.74) is 17.2. The monoisotopic (exact) mass is 739 g/mol. The van der Waals surface area contributed by atoms with Crippen molar-refractivity contribution in [3.63, 3.8) is 0 Å². The van der Waals surface area contributed by atoms with Crippen molar-refractivity contribution in [2.24, 2.45) is 0 Å². The Balaban J connectivity index is 1.25. The maximum Gasteiger partial charge on any atom is 0.0468 e. The molecule has 10 rings (SSSR count). The molecule has 1 heteroatoms. The van der Waals surface area contributed by atoms with Crippen molar-refractivity contribution < 1.29 is 0 Å². The van der Waals surface area contributed by atoms with Gasteiger partial charge in [0.25, 0.3) is 0 Å². The van der Waals surface area contributed by atoms with Crippen molar-refractivity contribution in [2.45, 2.75) is 90.9 Å². The van der Waals surface area contributed by atoms with Crippen molar-refractivity contribution in [1.29, 1.82) is 0 Å². The lowest BCUT2D eigenvalue weighted by atomic mass is 9.71. The van der Waals surface area contributed by atoms with Gasteiger partial charge in [-0.2, -0.15) is 0 Å². The minimum absolute atomic E-state index is 0.00631. The zero-order chi connectivity index (χ0) is 39.8. The van der Waals surface area contributed by atoms with Gasteiger partial charge in [0.15, 0.2) is 0 Å². The van der Waals surface area contributed by atoms with Gasteiger partial charge in [0, 0.05) is 27.9 Å². The SMILES string of the molecule is CC(C)(C)c1cc2c(c(C(C)(C)C)c1)C(C)(C)c1ccc(N(c3ccc4c(c3)C(C)(C)c3ccccc3-4)c3ccc4c5ccccc5c5ccccc5c4c3)cc1-2.